The fourth-order valence-corrected chi connectivity index (χ4v) is 3.23. The van der Waals surface area contributed by atoms with E-state index < -0.39 is 0 Å². The van der Waals surface area contributed by atoms with E-state index in [2.05, 4.69) is 18.0 Å². The maximum atomic E-state index is 6.20. The molecule has 1 aromatic carbocycles. The van der Waals surface area contributed by atoms with Gasteiger partial charge in [0.1, 0.15) is 0 Å². The van der Waals surface area contributed by atoms with Gasteiger partial charge in [0.05, 0.1) is 6.10 Å². The van der Waals surface area contributed by atoms with Crippen molar-refractivity contribution in [3.05, 3.63) is 34.9 Å². The van der Waals surface area contributed by atoms with Crippen LogP contribution in [0.15, 0.2) is 24.3 Å². The molecule has 1 fully saturated rings. The Labute approximate surface area is 127 Å². The lowest BCUT2D eigenvalue weighted by Crippen LogP contribution is -2.42. The molecule has 0 amide bonds. The number of hydrogen-bond donors (Lipinski definition) is 1. The lowest BCUT2D eigenvalue weighted by Gasteiger charge is -2.35. The number of rotatable bonds is 5. The van der Waals surface area contributed by atoms with Crippen LogP contribution in [-0.2, 0) is 4.74 Å². The zero-order valence-corrected chi connectivity index (χ0v) is 13.1. The molecular formula is C16H25ClN2O. The van der Waals surface area contributed by atoms with Crippen LogP contribution in [0.3, 0.4) is 0 Å². The number of likely N-dealkylation sites (N-methyl/N-ethyl adjacent to an activating group) is 1. The topological polar surface area (TPSA) is 38.5 Å². The van der Waals surface area contributed by atoms with Gasteiger partial charge in [-0.05, 0) is 50.9 Å². The summed E-state index contributed by atoms with van der Waals surface area (Å²) in [6.45, 7) is 3.85. The quantitative estimate of drug-likeness (QED) is 0.906. The molecule has 2 rings (SSSR count). The average Bonchev–Trinajstić information content (AvgIpc) is 2.39. The molecule has 0 spiro atoms. The molecule has 1 heterocycles. The summed E-state index contributed by atoms with van der Waals surface area (Å²) in [6.07, 6.45) is 3.92. The van der Waals surface area contributed by atoms with Gasteiger partial charge in [0.25, 0.3) is 0 Å². The first-order chi connectivity index (χ1) is 9.58. The minimum Gasteiger partial charge on any atom is -0.377 e. The Morgan fingerprint density at radius 1 is 1.45 bits per heavy atom. The van der Waals surface area contributed by atoms with Gasteiger partial charge < -0.3 is 10.5 Å². The van der Waals surface area contributed by atoms with Crippen LogP contribution < -0.4 is 5.73 Å². The normalized spacial score (nSPS) is 22.8. The second-order valence-electron chi connectivity index (χ2n) is 5.79. The van der Waals surface area contributed by atoms with Gasteiger partial charge in [-0.1, -0.05) is 23.7 Å². The first-order valence-corrected chi connectivity index (χ1v) is 7.78. The summed E-state index contributed by atoms with van der Waals surface area (Å²) in [5.74, 6) is 0. The fourth-order valence-electron chi connectivity index (χ4n) is 3.04. The number of nitrogens with zero attached hydrogens (tertiary/aromatic N) is 1. The summed E-state index contributed by atoms with van der Waals surface area (Å²) in [5, 5.41) is 0.760. The van der Waals surface area contributed by atoms with Gasteiger partial charge >= 0.3 is 0 Å². The highest BCUT2D eigenvalue weighted by Gasteiger charge is 2.25. The minimum absolute atomic E-state index is 0.0436. The molecule has 0 saturated carbocycles. The third-order valence-electron chi connectivity index (χ3n) is 3.93. The van der Waals surface area contributed by atoms with Crippen molar-refractivity contribution in [1.82, 2.24) is 4.90 Å². The molecule has 1 aromatic rings. The van der Waals surface area contributed by atoms with E-state index in [9.17, 15) is 0 Å². The Kier molecular flexibility index (Phi) is 5.85. The molecule has 1 saturated heterocycles. The van der Waals surface area contributed by atoms with E-state index in [1.165, 1.54) is 18.4 Å². The summed E-state index contributed by atoms with van der Waals surface area (Å²) >= 11 is 6.11. The highest BCUT2D eigenvalue weighted by atomic mass is 35.5. The smallest absolute Gasteiger partial charge is 0.0702 e. The predicted octanol–water partition coefficient (Wildman–Crippen LogP) is 3.23. The third-order valence-corrected chi connectivity index (χ3v) is 4.16. The molecule has 20 heavy (non-hydrogen) atoms. The molecule has 0 aromatic heterocycles. The highest BCUT2D eigenvalue weighted by molar-refractivity contribution is 6.30. The van der Waals surface area contributed by atoms with Crippen LogP contribution >= 0.6 is 11.6 Å². The van der Waals surface area contributed by atoms with Crippen molar-refractivity contribution in [2.24, 2.45) is 5.73 Å². The van der Waals surface area contributed by atoms with Crippen molar-refractivity contribution in [2.45, 2.75) is 44.4 Å². The number of ether oxygens (including phenoxy) is 1. The molecule has 0 radical (unpaired) electrons. The van der Waals surface area contributed by atoms with Crippen LogP contribution in [0.2, 0.25) is 5.02 Å². The van der Waals surface area contributed by atoms with E-state index in [-0.39, 0.29) is 12.1 Å². The zero-order valence-electron chi connectivity index (χ0n) is 12.4. The summed E-state index contributed by atoms with van der Waals surface area (Å²) in [5.41, 5.74) is 7.37. The lowest BCUT2D eigenvalue weighted by atomic mass is 9.98. The molecule has 1 aliphatic heterocycles. The van der Waals surface area contributed by atoms with Gasteiger partial charge in [-0.15, -0.1) is 0 Å². The van der Waals surface area contributed by atoms with Crippen molar-refractivity contribution in [1.29, 1.82) is 0 Å². The van der Waals surface area contributed by atoms with Crippen LogP contribution in [-0.4, -0.2) is 37.2 Å². The van der Waals surface area contributed by atoms with Gasteiger partial charge in [0.15, 0.2) is 0 Å². The Morgan fingerprint density at radius 2 is 2.25 bits per heavy atom. The minimum atomic E-state index is 0.0436. The largest absolute Gasteiger partial charge is 0.377 e. The van der Waals surface area contributed by atoms with E-state index in [1.54, 1.807) is 0 Å². The van der Waals surface area contributed by atoms with Gasteiger partial charge in [-0.3, -0.25) is 4.90 Å². The Balaban J connectivity index is 2.07. The molecule has 3 nitrogen and oxygen atoms in total. The standard InChI is InChI=1S/C16H25ClN2O/c1-12(18)16(13-6-5-7-14(17)10-13)19(2)11-15-8-3-4-9-20-15/h5-7,10,12,15-16H,3-4,8-9,11,18H2,1-2H3. The molecular weight excluding hydrogens is 272 g/mol. The molecule has 4 heteroatoms. The number of benzene rings is 1. The Morgan fingerprint density at radius 3 is 2.85 bits per heavy atom. The summed E-state index contributed by atoms with van der Waals surface area (Å²) in [4.78, 5) is 2.30. The van der Waals surface area contributed by atoms with Crippen LogP contribution in [0.4, 0.5) is 0 Å². The second-order valence-corrected chi connectivity index (χ2v) is 6.22. The van der Waals surface area contributed by atoms with Crippen LogP contribution in [0.25, 0.3) is 0 Å². The summed E-state index contributed by atoms with van der Waals surface area (Å²) in [6, 6.07) is 8.19. The maximum absolute atomic E-state index is 6.20. The van der Waals surface area contributed by atoms with Crippen molar-refractivity contribution < 1.29 is 4.74 Å². The van der Waals surface area contributed by atoms with E-state index in [4.69, 9.17) is 22.1 Å². The van der Waals surface area contributed by atoms with Crippen LogP contribution in [0.5, 0.6) is 0 Å². The molecule has 2 N–H and O–H groups in total. The Hall–Kier alpha value is -0.610. The second kappa shape index (κ2) is 7.41. The maximum Gasteiger partial charge on any atom is 0.0702 e. The number of halogens is 1. The predicted molar refractivity (Wildman–Crippen MR) is 84.1 cm³/mol. The van der Waals surface area contributed by atoms with Crippen LogP contribution in [0, 0.1) is 0 Å². The number of nitrogens with two attached hydrogens (primary N) is 1. The van der Waals surface area contributed by atoms with Gasteiger partial charge in [0.2, 0.25) is 0 Å². The van der Waals surface area contributed by atoms with Gasteiger partial charge in [-0.25, -0.2) is 0 Å². The van der Waals surface area contributed by atoms with Crippen molar-refractivity contribution >= 4 is 11.6 Å². The number of hydrogen-bond acceptors (Lipinski definition) is 3. The van der Waals surface area contributed by atoms with E-state index in [1.807, 2.05) is 25.1 Å². The van der Waals surface area contributed by atoms with Gasteiger partial charge in [0, 0.05) is 30.3 Å². The van der Waals surface area contributed by atoms with Crippen molar-refractivity contribution in [3.8, 4) is 0 Å². The molecule has 1 aliphatic rings. The average molecular weight is 297 g/mol. The molecule has 112 valence electrons. The lowest BCUT2D eigenvalue weighted by molar-refractivity contribution is -0.00985. The van der Waals surface area contributed by atoms with Crippen molar-refractivity contribution in [2.75, 3.05) is 20.2 Å². The van der Waals surface area contributed by atoms with Crippen LogP contribution in [0.1, 0.15) is 37.8 Å². The van der Waals surface area contributed by atoms with E-state index >= 15 is 0 Å². The van der Waals surface area contributed by atoms with Crippen molar-refractivity contribution in [3.63, 3.8) is 0 Å². The summed E-state index contributed by atoms with van der Waals surface area (Å²) < 4.78 is 5.83. The molecule has 0 aliphatic carbocycles. The van der Waals surface area contributed by atoms with E-state index in [0.29, 0.717) is 6.10 Å². The summed E-state index contributed by atoms with van der Waals surface area (Å²) in [7, 11) is 2.12. The fraction of sp³-hybridized carbons (Fsp3) is 0.625. The monoisotopic (exact) mass is 296 g/mol. The molecule has 3 atom stereocenters. The van der Waals surface area contributed by atoms with E-state index in [0.717, 1.165) is 24.6 Å². The molecule has 3 unspecified atom stereocenters. The third kappa shape index (κ3) is 4.19. The Bertz CT molecular complexity index is 419. The van der Waals surface area contributed by atoms with Gasteiger partial charge in [-0.2, -0.15) is 0 Å². The highest BCUT2D eigenvalue weighted by Crippen LogP contribution is 2.26. The first kappa shape index (κ1) is 15.8. The zero-order chi connectivity index (χ0) is 14.5. The first-order valence-electron chi connectivity index (χ1n) is 7.41. The SMILES string of the molecule is CC(N)C(c1cccc(Cl)c1)N(C)CC1CCCCO1. The molecule has 0 bridgehead atoms.